The van der Waals surface area contributed by atoms with Crippen LogP contribution in [-0.4, -0.2) is 214 Å². The number of ether oxygens (including phenoxy) is 2. The van der Waals surface area contributed by atoms with Crippen molar-refractivity contribution in [3.8, 4) is 0 Å². The maximum Gasteiger partial charge on any atom is 0.236 e. The first-order valence-corrected chi connectivity index (χ1v) is 46.7. The highest BCUT2D eigenvalue weighted by Gasteiger charge is 2.32. The van der Waals surface area contributed by atoms with Gasteiger partial charge in [0.2, 0.25) is 5.91 Å². The van der Waals surface area contributed by atoms with Gasteiger partial charge in [0, 0.05) is 90.1 Å². The standard InChI is InChI=1S/C14H27N3O2.C11H21Br.C9H19NO2S.C9H18O2S.2C9H18O.C9H18S.C8H18O.C6H14O/c1-13(2)11-15-3-5-17(6-4-15)14(18)12-16-7-9-19-10-8-16;1-11(2,3)8-9-4-6-10(12)7-5-9;1-9(2,3)8-10-4-6-13(11,12)7-5-10;1-8(2)7-9-3-5-12(10,11)6-4-9;1-9(2,3)6-7-4-8(10)5-7;2*1-8(2)7-9-3-5-10-6-4-9;1-7(2,3)6-8(4,5)9;1-6(2,3)4-5-7/h13H,3-12H2,1-2H3;9-10H,4-8H2,1-3H3;4-8H2,1-3H3;8-9H,3-7H2,1-2H3;7-8,10H,4-6H2,1-3H3;2*8-9H,3-7H2,1-2H3;9H,6H2,1-5H3;7H,4-5H2,1-3H3. The smallest absolute Gasteiger partial charge is 0.236 e. The zero-order chi connectivity index (χ0) is 78.4. The molecule has 0 aromatic carbocycles. The van der Waals surface area contributed by atoms with E-state index in [0.717, 1.165) is 158 Å². The van der Waals surface area contributed by atoms with Crippen molar-refractivity contribution in [1.29, 1.82) is 0 Å². The summed E-state index contributed by atoms with van der Waals surface area (Å²) in [5.41, 5.74) is 1.26. The summed E-state index contributed by atoms with van der Waals surface area (Å²) in [5.74, 6) is 12.3. The van der Waals surface area contributed by atoms with Crippen LogP contribution >= 0.6 is 27.7 Å². The van der Waals surface area contributed by atoms with Gasteiger partial charge >= 0.3 is 0 Å². The molecule has 0 unspecified atom stereocenters. The molecule has 0 atom stereocenters. The predicted octanol–water partition coefficient (Wildman–Crippen LogP) is 18.6. The Bertz CT molecular complexity index is 2230. The van der Waals surface area contributed by atoms with Crippen LogP contribution < -0.4 is 0 Å². The number of thioether (sulfide) groups is 1. The molecule has 2 aliphatic carbocycles. The Morgan fingerprint density at radius 3 is 1.25 bits per heavy atom. The van der Waals surface area contributed by atoms with Crippen LogP contribution in [-0.2, 0) is 33.9 Å². The van der Waals surface area contributed by atoms with Crippen LogP contribution in [0.4, 0.5) is 0 Å². The number of halogens is 1. The molecule has 0 spiro atoms. The first-order valence-electron chi connectivity index (χ1n) is 41.0. The van der Waals surface area contributed by atoms with Crippen LogP contribution in [0.25, 0.3) is 0 Å². The second-order valence-electron chi connectivity index (χ2n) is 40.3. The van der Waals surface area contributed by atoms with Gasteiger partial charge in [-0.05, 0) is 228 Å². The molecule has 2 saturated carbocycles. The van der Waals surface area contributed by atoms with Gasteiger partial charge in [-0.25, -0.2) is 16.8 Å². The lowest BCUT2D eigenvalue weighted by atomic mass is 9.73. The molecule has 8 fully saturated rings. The Kier molecular flexibility index (Phi) is 51.4. The molecule has 8 rings (SSSR count). The monoisotopic (exact) mass is 1570 g/mol. The van der Waals surface area contributed by atoms with E-state index in [9.17, 15) is 26.7 Å². The van der Waals surface area contributed by atoms with Gasteiger partial charge in [-0.3, -0.25) is 14.6 Å². The minimum absolute atomic E-state index is 0.0207. The summed E-state index contributed by atoms with van der Waals surface area (Å²) in [7, 11) is -5.36. The summed E-state index contributed by atoms with van der Waals surface area (Å²) in [6, 6.07) is 0. The average molecular weight is 1570 g/mol. The zero-order valence-electron chi connectivity index (χ0n) is 71.4. The molecule has 6 aliphatic heterocycles. The number of hydrogen-bond acceptors (Lipinski definition) is 14. The lowest BCUT2D eigenvalue weighted by Crippen LogP contribution is -2.52. The lowest BCUT2D eigenvalue weighted by Gasteiger charge is -2.37. The molecule has 0 bridgehead atoms. The van der Waals surface area contributed by atoms with Crippen LogP contribution in [0.15, 0.2) is 0 Å². The van der Waals surface area contributed by atoms with Crippen molar-refractivity contribution >= 4 is 53.3 Å². The Balaban J connectivity index is 0.00000114. The third-order valence-corrected chi connectivity index (χ3v) is 24.6. The van der Waals surface area contributed by atoms with Gasteiger partial charge in [0.05, 0.1) is 54.5 Å². The van der Waals surface area contributed by atoms with Gasteiger partial charge in [0.15, 0.2) is 9.84 Å². The maximum atomic E-state index is 12.2. The van der Waals surface area contributed by atoms with Crippen molar-refractivity contribution in [2.24, 2.45) is 80.3 Å². The molecule has 18 heteroatoms. The summed E-state index contributed by atoms with van der Waals surface area (Å²) in [4.78, 5) is 22.0. The second kappa shape index (κ2) is 51.4. The van der Waals surface area contributed by atoms with Gasteiger partial charge in [-0.15, -0.1) is 0 Å². The molecule has 612 valence electrons. The van der Waals surface area contributed by atoms with Crippen molar-refractivity contribution in [3.05, 3.63) is 0 Å². The highest BCUT2D eigenvalue weighted by molar-refractivity contribution is 9.09. The van der Waals surface area contributed by atoms with Crippen molar-refractivity contribution in [1.82, 2.24) is 19.6 Å². The van der Waals surface area contributed by atoms with Crippen LogP contribution in [0, 0.1) is 80.3 Å². The van der Waals surface area contributed by atoms with E-state index in [1.165, 1.54) is 95.0 Å². The van der Waals surface area contributed by atoms with Crippen molar-refractivity contribution < 1.29 is 46.4 Å². The fourth-order valence-electron chi connectivity index (χ4n) is 15.0. The van der Waals surface area contributed by atoms with E-state index in [0.29, 0.717) is 83.3 Å². The van der Waals surface area contributed by atoms with Crippen LogP contribution in [0.3, 0.4) is 0 Å². The second-order valence-corrected chi connectivity index (χ2v) is 47.4. The van der Waals surface area contributed by atoms with Crippen LogP contribution in [0.1, 0.15) is 295 Å². The highest BCUT2D eigenvalue weighted by Crippen LogP contribution is 2.38. The predicted molar refractivity (Wildman–Crippen MR) is 446 cm³/mol. The molecule has 0 aromatic heterocycles. The number of aliphatic hydroxyl groups excluding tert-OH is 2. The number of rotatable bonds is 15. The Morgan fingerprint density at radius 1 is 0.471 bits per heavy atom. The Hall–Kier alpha value is -0.120. The first-order chi connectivity index (χ1) is 46.7. The van der Waals surface area contributed by atoms with Gasteiger partial charge in [0.25, 0.3) is 0 Å². The molecule has 1 amide bonds. The Labute approximate surface area is 646 Å². The van der Waals surface area contributed by atoms with E-state index in [2.05, 4.69) is 202 Å². The zero-order valence-corrected chi connectivity index (χ0v) is 75.5. The van der Waals surface area contributed by atoms with E-state index in [1.807, 2.05) is 18.7 Å². The van der Waals surface area contributed by atoms with Crippen LogP contribution in [0.5, 0.6) is 0 Å². The topological polar surface area (TPSA) is 177 Å². The van der Waals surface area contributed by atoms with E-state index in [4.69, 9.17) is 19.7 Å². The largest absolute Gasteiger partial charge is 0.396 e. The molecular weight excluding hydrogens is 1400 g/mol. The fraction of sp³-hybridized carbons (Fsp3) is 0.988. The number of amides is 1. The number of morpholine rings is 1. The van der Waals surface area contributed by atoms with Gasteiger partial charge in [0.1, 0.15) is 9.84 Å². The number of alkyl halides is 1. The van der Waals surface area contributed by atoms with Gasteiger partial charge < -0.3 is 34.6 Å². The van der Waals surface area contributed by atoms with E-state index in [1.54, 1.807) is 0 Å². The highest BCUT2D eigenvalue weighted by atomic mass is 79.9. The van der Waals surface area contributed by atoms with Crippen molar-refractivity contribution in [2.75, 3.05) is 140 Å². The molecule has 0 aromatic rings. The van der Waals surface area contributed by atoms with E-state index >= 15 is 0 Å². The van der Waals surface area contributed by atoms with E-state index in [-0.39, 0.29) is 22.8 Å². The quantitative estimate of drug-likeness (QED) is 0.132. The van der Waals surface area contributed by atoms with Crippen molar-refractivity contribution in [3.63, 3.8) is 0 Å². The molecule has 6 saturated heterocycles. The van der Waals surface area contributed by atoms with Gasteiger partial charge in [-0.2, -0.15) is 11.8 Å². The number of carbonyl (C=O) groups is 1. The molecule has 0 radical (unpaired) electrons. The van der Waals surface area contributed by atoms with Gasteiger partial charge in [-0.1, -0.05) is 175 Å². The average Bonchev–Trinajstić information content (AvgIpc) is 0.879. The Morgan fingerprint density at radius 2 is 0.892 bits per heavy atom. The number of nitrogens with zero attached hydrogens (tertiary/aromatic N) is 4. The number of aliphatic hydroxyl groups is 3. The van der Waals surface area contributed by atoms with Crippen LogP contribution in [0.2, 0.25) is 0 Å². The number of carbonyl (C=O) groups excluding carboxylic acids is 1. The normalized spacial score (nSPS) is 23.7. The first kappa shape index (κ1) is 102. The summed E-state index contributed by atoms with van der Waals surface area (Å²) < 4.78 is 55.0. The summed E-state index contributed by atoms with van der Waals surface area (Å²) in [6.07, 6.45) is 23.5. The summed E-state index contributed by atoms with van der Waals surface area (Å²) >= 11 is 5.82. The molecule has 6 heterocycles. The number of hydrogen-bond donors (Lipinski definition) is 3. The molecule has 8 aliphatic rings. The minimum Gasteiger partial charge on any atom is -0.396 e. The maximum absolute atomic E-state index is 12.2. The van der Waals surface area contributed by atoms with E-state index < -0.39 is 25.3 Å². The number of sulfone groups is 2. The number of piperazine rings is 1. The molecule has 102 heavy (non-hydrogen) atoms. The third-order valence-electron chi connectivity index (χ3n) is 19.3. The van der Waals surface area contributed by atoms with Crippen molar-refractivity contribution in [2.45, 2.75) is 312 Å². The summed E-state index contributed by atoms with van der Waals surface area (Å²) in [5, 5.41) is 26.8. The molecule has 14 nitrogen and oxygen atoms in total. The molecule has 3 N–H and O–H groups in total. The fourth-order valence-corrected chi connectivity index (χ4v) is 19.6. The molecular formula is C84H171BrN4O10S3. The third kappa shape index (κ3) is 62.6. The minimum atomic E-state index is -2.71. The SMILES string of the molecule is CC(C)(C)CC(C)(C)O.CC(C)(C)CC1CC(O)C1.CC(C)(C)CC1CCC(Br)CC1.CC(C)(C)CCO.CC(C)(C)CN1CCS(=O)(=O)CC1.CC(C)CC1CCOCC1.CC(C)CC1CCS(=O)(=O)CC1.CC(C)CC1CCSCC1.CC(C)CN1CCN(C(=O)CN2CCOCC2)CC1. The lowest BCUT2D eigenvalue weighted by molar-refractivity contribution is -0.135. The summed E-state index contributed by atoms with van der Waals surface area (Å²) in [6.45, 7) is 68.5.